The Morgan fingerprint density at radius 3 is 2.85 bits per heavy atom. The first-order chi connectivity index (χ1) is 12.1. The van der Waals surface area contributed by atoms with Crippen LogP contribution in [0.5, 0.6) is 0 Å². The molecule has 5 N–H and O–H groups in total. The van der Waals surface area contributed by atoms with E-state index in [0.717, 1.165) is 12.8 Å². The van der Waals surface area contributed by atoms with Gasteiger partial charge in [0.2, 0.25) is 0 Å². The number of halogens is 1. The number of carboxylic acid groups (broad SMARTS) is 1. The first kappa shape index (κ1) is 18.7. The molecule has 10 heteroatoms. The number of aliphatic imine (C=N–C) groups is 1. The number of amides is 1. The van der Waals surface area contributed by atoms with E-state index in [4.69, 9.17) is 5.73 Å². The number of rotatable bonds is 1. The lowest BCUT2D eigenvalue weighted by molar-refractivity contribution is 0.199. The monoisotopic (exact) mass is 385 g/mol. The van der Waals surface area contributed by atoms with Gasteiger partial charge in [-0.05, 0) is 48.9 Å². The second kappa shape index (κ2) is 6.27. The molecular weight excluding hydrogens is 361 g/mol. The molecule has 2 unspecified atom stereocenters. The molecule has 2 aliphatic rings. The van der Waals surface area contributed by atoms with Gasteiger partial charge in [0, 0.05) is 12.3 Å². The van der Waals surface area contributed by atoms with Crippen molar-refractivity contribution in [2.24, 2.45) is 4.99 Å². The van der Waals surface area contributed by atoms with Crippen molar-refractivity contribution in [1.82, 2.24) is 15.0 Å². The number of fused-ring (bicyclic) bond motifs is 1. The number of thiol groups is 1. The van der Waals surface area contributed by atoms with E-state index in [1.807, 2.05) is 0 Å². The Morgan fingerprint density at radius 1 is 1.42 bits per heavy atom. The van der Waals surface area contributed by atoms with Crippen LogP contribution in [0.25, 0.3) is 0 Å². The minimum Gasteiger partial charge on any atom is -0.465 e. The average Bonchev–Trinajstić information content (AvgIpc) is 2.68. The number of carbonyl (C=O) groups is 1. The number of nitrogens with zero attached hydrogens (tertiary/aromatic N) is 2. The Bertz CT molecular complexity index is 832. The van der Waals surface area contributed by atoms with Gasteiger partial charge in [-0.2, -0.15) is 0 Å². The summed E-state index contributed by atoms with van der Waals surface area (Å²) in [7, 11) is -3.16. The Labute approximate surface area is 152 Å². The van der Waals surface area contributed by atoms with Gasteiger partial charge in [0.05, 0.1) is 4.75 Å². The third-order valence-electron chi connectivity index (χ3n) is 5.26. The summed E-state index contributed by atoms with van der Waals surface area (Å²) in [4.78, 5) is 19.9. The lowest BCUT2D eigenvalue weighted by Gasteiger charge is -2.49. The van der Waals surface area contributed by atoms with Crippen molar-refractivity contribution in [3.63, 3.8) is 0 Å². The van der Waals surface area contributed by atoms with E-state index in [0.29, 0.717) is 13.0 Å². The fraction of sp³-hybridized carbons (Fsp3) is 0.562. The molecule has 0 saturated carbocycles. The highest BCUT2D eigenvalue weighted by atomic mass is 32.3. The van der Waals surface area contributed by atoms with E-state index >= 15 is 0 Å². The summed E-state index contributed by atoms with van der Waals surface area (Å²) in [6.07, 6.45) is 0.835. The van der Waals surface area contributed by atoms with Gasteiger partial charge in [0.15, 0.2) is 0 Å². The van der Waals surface area contributed by atoms with Crippen LogP contribution in [-0.2, 0) is 15.7 Å². The zero-order valence-electron chi connectivity index (χ0n) is 14.8. The molecule has 0 aromatic carbocycles. The van der Waals surface area contributed by atoms with Crippen molar-refractivity contribution in [2.45, 2.75) is 43.4 Å². The number of nitrogens with one attached hydrogen (secondary N) is 2. The number of aromatic nitrogens is 1. The minimum atomic E-state index is -3.16. The van der Waals surface area contributed by atoms with Crippen molar-refractivity contribution in [2.75, 3.05) is 18.0 Å². The highest BCUT2D eigenvalue weighted by molar-refractivity contribution is 8.03. The Hall–Kier alpha value is -2.07. The molecule has 26 heavy (non-hydrogen) atoms. The van der Waals surface area contributed by atoms with Crippen LogP contribution in [0.1, 0.15) is 38.8 Å². The predicted octanol–water partition coefficient (Wildman–Crippen LogP) is 1.16. The minimum absolute atomic E-state index is 0.0364. The van der Waals surface area contributed by atoms with Crippen LogP contribution >= 0.6 is 0 Å². The maximum atomic E-state index is 14.5. The van der Waals surface area contributed by atoms with Gasteiger partial charge in [-0.3, -0.25) is 19.2 Å². The second-order valence-corrected chi connectivity index (χ2v) is 10.4. The molecule has 3 heterocycles. The maximum absolute atomic E-state index is 14.5. The highest BCUT2D eigenvalue weighted by Gasteiger charge is 2.53. The first-order valence-electron chi connectivity index (χ1n) is 8.47. The van der Waals surface area contributed by atoms with E-state index in [2.05, 4.69) is 20.0 Å². The molecule has 0 bridgehead atoms. The number of anilines is 1. The third kappa shape index (κ3) is 2.96. The molecule has 2 aliphatic heterocycles. The van der Waals surface area contributed by atoms with Crippen molar-refractivity contribution in [1.29, 1.82) is 0 Å². The van der Waals surface area contributed by atoms with E-state index in [1.165, 1.54) is 12.1 Å². The van der Waals surface area contributed by atoms with E-state index in [9.17, 15) is 18.5 Å². The Balaban J connectivity index is 2.21. The topological polar surface area (TPSA) is 130 Å². The number of amidine groups is 1. The molecule has 8 nitrogen and oxygen atoms in total. The van der Waals surface area contributed by atoms with Crippen molar-refractivity contribution < 1.29 is 18.5 Å². The summed E-state index contributed by atoms with van der Waals surface area (Å²) >= 11 is 0. The number of nitrogen functional groups attached to an aromatic ring is 1. The summed E-state index contributed by atoms with van der Waals surface area (Å²) in [5, 5.41) is 11.6. The van der Waals surface area contributed by atoms with Crippen LogP contribution in [-0.4, -0.2) is 43.3 Å². The highest BCUT2D eigenvalue weighted by Crippen LogP contribution is 2.43. The smallest absolute Gasteiger partial charge is 0.410 e. The van der Waals surface area contributed by atoms with E-state index < -0.39 is 32.3 Å². The molecule has 144 valence electrons. The molecule has 0 spiro atoms. The lowest BCUT2D eigenvalue weighted by atomic mass is 9.96. The van der Waals surface area contributed by atoms with Crippen LogP contribution in [0.3, 0.4) is 0 Å². The number of hydrogen-bond acceptors (Lipinski definition) is 5. The van der Waals surface area contributed by atoms with Crippen LogP contribution < -0.4 is 15.8 Å². The first-order valence-corrected chi connectivity index (χ1v) is 10.4. The van der Waals surface area contributed by atoms with Gasteiger partial charge in [-0.1, -0.05) is 6.42 Å². The summed E-state index contributed by atoms with van der Waals surface area (Å²) in [5.41, 5.74) is 4.36. The van der Waals surface area contributed by atoms with Crippen molar-refractivity contribution >= 4 is 27.9 Å². The summed E-state index contributed by atoms with van der Waals surface area (Å²) < 4.78 is 30.6. The average molecular weight is 385 g/mol. The molecule has 1 aromatic heterocycles. The van der Waals surface area contributed by atoms with Crippen LogP contribution in [0.4, 0.5) is 15.0 Å². The molecule has 3 rings (SSSR count). The standard InChI is InChI=1S/C16H24FN5O3S/c1-15(12-10(17)5-6-11(18)20-12)9-26(25)16(2,7-3-4-8-19-26)13(22-15)21-14(23)24/h5-6,26H,3-4,7-9H2,1-2H3,(H2,18,20)(H,19,25)(H,21,22)(H,23,24). The van der Waals surface area contributed by atoms with Crippen LogP contribution in [0, 0.1) is 5.82 Å². The van der Waals surface area contributed by atoms with E-state index in [1.54, 1.807) is 13.8 Å². The molecule has 0 radical (unpaired) electrons. The van der Waals surface area contributed by atoms with Gasteiger partial charge in [0.1, 0.15) is 28.7 Å². The Morgan fingerprint density at radius 2 is 2.15 bits per heavy atom. The second-order valence-electron chi connectivity index (χ2n) is 7.27. The Kier molecular flexibility index (Phi) is 4.51. The summed E-state index contributed by atoms with van der Waals surface area (Å²) in [6, 6.07) is 2.52. The lowest BCUT2D eigenvalue weighted by Crippen LogP contribution is -2.65. The van der Waals surface area contributed by atoms with Gasteiger partial charge in [-0.25, -0.2) is 14.2 Å². The summed E-state index contributed by atoms with van der Waals surface area (Å²) in [6.45, 7) is 3.91. The molecular formula is C16H24FN5O3S. The van der Waals surface area contributed by atoms with Gasteiger partial charge >= 0.3 is 6.09 Å². The molecule has 0 aliphatic carbocycles. The molecule has 1 amide bonds. The number of nitrogens with two attached hydrogens (primary N) is 1. The molecule has 1 aromatic rings. The molecule has 1 fully saturated rings. The van der Waals surface area contributed by atoms with E-state index in [-0.39, 0.29) is 23.1 Å². The third-order valence-corrected chi connectivity index (χ3v) is 9.08. The van der Waals surface area contributed by atoms with Crippen molar-refractivity contribution in [3.8, 4) is 0 Å². The van der Waals surface area contributed by atoms with Crippen LogP contribution in [0.15, 0.2) is 17.1 Å². The molecule has 1 saturated heterocycles. The van der Waals surface area contributed by atoms with Gasteiger partial charge in [0.25, 0.3) is 0 Å². The van der Waals surface area contributed by atoms with Gasteiger partial charge < -0.3 is 10.8 Å². The molecule has 2 atom stereocenters. The van der Waals surface area contributed by atoms with Crippen LogP contribution in [0.2, 0.25) is 0 Å². The zero-order valence-corrected chi connectivity index (χ0v) is 15.6. The summed E-state index contributed by atoms with van der Waals surface area (Å²) in [5.74, 6) is -0.384. The quantitative estimate of drug-likeness (QED) is 0.463. The predicted molar refractivity (Wildman–Crippen MR) is 99.2 cm³/mol. The SMILES string of the molecule is CC1(c2nc(N)ccc2F)C[SH]2(=O)NCCCCC2(C)C(NC(=O)O)=N1. The number of pyridine rings is 1. The fourth-order valence-corrected chi connectivity index (χ4v) is 7.18. The number of hydrogen-bond donors (Lipinski definition) is 5. The normalized spacial score (nSPS) is 31.9. The van der Waals surface area contributed by atoms with Gasteiger partial charge in [-0.15, -0.1) is 0 Å². The largest absolute Gasteiger partial charge is 0.465 e. The fourth-order valence-electron chi connectivity index (χ4n) is 3.79. The van der Waals surface area contributed by atoms with Crippen molar-refractivity contribution in [3.05, 3.63) is 23.6 Å². The zero-order chi connectivity index (χ0) is 19.2. The maximum Gasteiger partial charge on any atom is 0.410 e.